The highest BCUT2D eigenvalue weighted by molar-refractivity contribution is 5.35. The van der Waals surface area contributed by atoms with E-state index < -0.39 is 0 Å². The standard InChI is InChI=1S/C15H19N3O/c1-4-11(2)12-5-7-13(8-6-12)19-15-10-17-9-14(16-3)18-15/h5-11H,4H2,1-3H3,(H,16,18). The zero-order valence-electron chi connectivity index (χ0n) is 11.6. The monoisotopic (exact) mass is 257 g/mol. The zero-order chi connectivity index (χ0) is 13.7. The van der Waals surface area contributed by atoms with E-state index >= 15 is 0 Å². The number of aromatic nitrogens is 2. The lowest BCUT2D eigenvalue weighted by Gasteiger charge is -2.10. The summed E-state index contributed by atoms with van der Waals surface area (Å²) in [7, 11) is 1.80. The van der Waals surface area contributed by atoms with Gasteiger partial charge in [-0.1, -0.05) is 26.0 Å². The van der Waals surface area contributed by atoms with Crippen LogP contribution in [0.5, 0.6) is 11.6 Å². The first-order valence-electron chi connectivity index (χ1n) is 6.50. The molecule has 1 aromatic carbocycles. The molecular weight excluding hydrogens is 238 g/mol. The van der Waals surface area contributed by atoms with Gasteiger partial charge >= 0.3 is 0 Å². The minimum absolute atomic E-state index is 0.489. The summed E-state index contributed by atoms with van der Waals surface area (Å²) < 4.78 is 5.68. The fourth-order valence-electron chi connectivity index (χ4n) is 1.74. The molecular formula is C15H19N3O. The van der Waals surface area contributed by atoms with Crippen molar-refractivity contribution in [1.82, 2.24) is 9.97 Å². The van der Waals surface area contributed by atoms with Gasteiger partial charge in [0.05, 0.1) is 12.4 Å². The van der Waals surface area contributed by atoms with Crippen molar-refractivity contribution in [3.8, 4) is 11.6 Å². The van der Waals surface area contributed by atoms with Crippen LogP contribution in [0, 0.1) is 0 Å². The third kappa shape index (κ3) is 3.44. The molecule has 0 amide bonds. The van der Waals surface area contributed by atoms with Gasteiger partial charge in [-0.25, -0.2) is 0 Å². The molecule has 0 fully saturated rings. The SMILES string of the molecule is CCC(C)c1ccc(Oc2cncc(NC)n2)cc1. The molecule has 1 N–H and O–H groups in total. The van der Waals surface area contributed by atoms with Gasteiger partial charge in [0, 0.05) is 7.05 Å². The van der Waals surface area contributed by atoms with E-state index in [0.29, 0.717) is 17.6 Å². The summed E-state index contributed by atoms with van der Waals surface area (Å²) in [6.45, 7) is 4.41. The van der Waals surface area contributed by atoms with E-state index in [1.165, 1.54) is 5.56 Å². The second-order valence-corrected chi connectivity index (χ2v) is 4.47. The van der Waals surface area contributed by atoms with Crippen molar-refractivity contribution in [3.05, 3.63) is 42.2 Å². The number of hydrogen-bond donors (Lipinski definition) is 1. The first-order chi connectivity index (χ1) is 9.22. The van der Waals surface area contributed by atoms with Gasteiger partial charge in [0.25, 0.3) is 0 Å². The molecule has 0 saturated heterocycles. The van der Waals surface area contributed by atoms with Crippen LogP contribution in [-0.4, -0.2) is 17.0 Å². The third-order valence-electron chi connectivity index (χ3n) is 3.15. The number of benzene rings is 1. The Morgan fingerprint density at radius 1 is 1.21 bits per heavy atom. The van der Waals surface area contributed by atoms with Crippen molar-refractivity contribution in [3.63, 3.8) is 0 Å². The predicted octanol–water partition coefficient (Wildman–Crippen LogP) is 3.82. The van der Waals surface area contributed by atoms with Crippen LogP contribution >= 0.6 is 0 Å². The molecule has 1 unspecified atom stereocenters. The smallest absolute Gasteiger partial charge is 0.239 e. The van der Waals surface area contributed by atoms with E-state index in [-0.39, 0.29) is 0 Å². The van der Waals surface area contributed by atoms with Crippen molar-refractivity contribution in [1.29, 1.82) is 0 Å². The Kier molecular flexibility index (Phi) is 4.34. The van der Waals surface area contributed by atoms with E-state index in [0.717, 1.165) is 12.2 Å². The molecule has 0 aliphatic carbocycles. The van der Waals surface area contributed by atoms with Crippen LogP contribution in [0.15, 0.2) is 36.7 Å². The molecule has 0 radical (unpaired) electrons. The lowest BCUT2D eigenvalue weighted by molar-refractivity contribution is 0.460. The Morgan fingerprint density at radius 2 is 1.95 bits per heavy atom. The molecule has 2 aromatic rings. The molecule has 1 atom stereocenters. The average Bonchev–Trinajstić information content (AvgIpc) is 2.47. The maximum Gasteiger partial charge on any atom is 0.239 e. The molecule has 100 valence electrons. The highest BCUT2D eigenvalue weighted by Crippen LogP contribution is 2.24. The zero-order valence-corrected chi connectivity index (χ0v) is 11.6. The van der Waals surface area contributed by atoms with E-state index in [1.807, 2.05) is 12.1 Å². The van der Waals surface area contributed by atoms with Crippen LogP contribution in [0.3, 0.4) is 0 Å². The Morgan fingerprint density at radius 3 is 2.58 bits per heavy atom. The van der Waals surface area contributed by atoms with Gasteiger partial charge in [0.2, 0.25) is 5.88 Å². The number of anilines is 1. The van der Waals surface area contributed by atoms with Crippen LogP contribution < -0.4 is 10.1 Å². The van der Waals surface area contributed by atoms with Crippen molar-refractivity contribution in [2.75, 3.05) is 12.4 Å². The Balaban J connectivity index is 2.10. The van der Waals surface area contributed by atoms with E-state index in [9.17, 15) is 0 Å². The highest BCUT2D eigenvalue weighted by atomic mass is 16.5. The molecule has 19 heavy (non-hydrogen) atoms. The highest BCUT2D eigenvalue weighted by Gasteiger charge is 2.04. The Hall–Kier alpha value is -2.10. The van der Waals surface area contributed by atoms with Gasteiger partial charge in [0.15, 0.2) is 0 Å². The van der Waals surface area contributed by atoms with E-state index in [2.05, 4.69) is 41.3 Å². The summed E-state index contributed by atoms with van der Waals surface area (Å²) in [5.41, 5.74) is 1.32. The summed E-state index contributed by atoms with van der Waals surface area (Å²) in [6.07, 6.45) is 4.39. The molecule has 0 aliphatic heterocycles. The van der Waals surface area contributed by atoms with Crippen molar-refractivity contribution < 1.29 is 4.74 Å². The van der Waals surface area contributed by atoms with Gasteiger partial charge < -0.3 is 10.1 Å². The molecule has 1 aromatic heterocycles. The number of ether oxygens (including phenoxy) is 1. The van der Waals surface area contributed by atoms with Crippen LogP contribution in [0.4, 0.5) is 5.82 Å². The number of rotatable bonds is 5. The predicted molar refractivity (Wildman–Crippen MR) is 76.8 cm³/mol. The van der Waals surface area contributed by atoms with Gasteiger partial charge in [-0.2, -0.15) is 4.98 Å². The first-order valence-corrected chi connectivity index (χ1v) is 6.50. The molecule has 0 saturated carbocycles. The summed E-state index contributed by atoms with van der Waals surface area (Å²) >= 11 is 0. The number of nitrogens with zero attached hydrogens (tertiary/aromatic N) is 2. The maximum atomic E-state index is 5.68. The molecule has 0 bridgehead atoms. The van der Waals surface area contributed by atoms with Gasteiger partial charge in [-0.05, 0) is 30.0 Å². The molecule has 0 spiro atoms. The molecule has 1 heterocycles. The molecule has 4 heteroatoms. The summed E-state index contributed by atoms with van der Waals surface area (Å²) in [5.74, 6) is 2.52. The minimum Gasteiger partial charge on any atom is -0.437 e. The van der Waals surface area contributed by atoms with Crippen LogP contribution in [0.2, 0.25) is 0 Å². The fourth-order valence-corrected chi connectivity index (χ4v) is 1.74. The largest absolute Gasteiger partial charge is 0.437 e. The topological polar surface area (TPSA) is 47.0 Å². The van der Waals surface area contributed by atoms with Gasteiger partial charge in [-0.15, -0.1) is 0 Å². The molecule has 2 rings (SSSR count). The second-order valence-electron chi connectivity index (χ2n) is 4.47. The quantitative estimate of drug-likeness (QED) is 0.884. The molecule has 0 aliphatic rings. The lowest BCUT2D eigenvalue weighted by Crippen LogP contribution is -1.96. The fraction of sp³-hybridized carbons (Fsp3) is 0.333. The van der Waals surface area contributed by atoms with Crippen LogP contribution in [0.1, 0.15) is 31.7 Å². The normalized spacial score (nSPS) is 11.9. The van der Waals surface area contributed by atoms with Gasteiger partial charge in [0.1, 0.15) is 11.6 Å². The van der Waals surface area contributed by atoms with Crippen LogP contribution in [-0.2, 0) is 0 Å². The summed E-state index contributed by atoms with van der Waals surface area (Å²) in [6, 6.07) is 8.13. The van der Waals surface area contributed by atoms with Gasteiger partial charge in [-0.3, -0.25) is 4.98 Å². The number of nitrogens with one attached hydrogen (secondary N) is 1. The number of hydrogen-bond acceptors (Lipinski definition) is 4. The Bertz CT molecular complexity index is 525. The van der Waals surface area contributed by atoms with Crippen molar-refractivity contribution >= 4 is 5.82 Å². The van der Waals surface area contributed by atoms with E-state index in [4.69, 9.17) is 4.74 Å². The van der Waals surface area contributed by atoms with Crippen molar-refractivity contribution in [2.45, 2.75) is 26.2 Å². The third-order valence-corrected chi connectivity index (χ3v) is 3.15. The second kappa shape index (κ2) is 6.18. The van der Waals surface area contributed by atoms with E-state index in [1.54, 1.807) is 19.4 Å². The minimum atomic E-state index is 0.489. The Labute approximate surface area is 113 Å². The van der Waals surface area contributed by atoms with Crippen LogP contribution in [0.25, 0.3) is 0 Å². The lowest BCUT2D eigenvalue weighted by atomic mass is 9.99. The summed E-state index contributed by atoms with van der Waals surface area (Å²) in [4.78, 5) is 8.33. The summed E-state index contributed by atoms with van der Waals surface area (Å²) in [5, 5.41) is 2.93. The average molecular weight is 257 g/mol. The first kappa shape index (κ1) is 13.3. The molecule has 4 nitrogen and oxygen atoms in total. The maximum absolute atomic E-state index is 5.68. The van der Waals surface area contributed by atoms with Crippen molar-refractivity contribution in [2.24, 2.45) is 0 Å².